The Morgan fingerprint density at radius 2 is 2.21 bits per heavy atom. The first-order valence-corrected chi connectivity index (χ1v) is 6.71. The molecule has 0 atom stereocenters. The molecule has 0 aliphatic heterocycles. The minimum atomic E-state index is -0.309. The molecule has 7 heteroatoms. The van der Waals surface area contributed by atoms with Crippen molar-refractivity contribution < 1.29 is 9.53 Å². The van der Waals surface area contributed by atoms with Crippen molar-refractivity contribution in [3.05, 3.63) is 22.7 Å². The van der Waals surface area contributed by atoms with Crippen LogP contribution in [-0.2, 0) is 16.1 Å². The molecule has 0 bridgehead atoms. The van der Waals surface area contributed by atoms with Crippen molar-refractivity contribution in [1.29, 1.82) is 0 Å². The van der Waals surface area contributed by atoms with Gasteiger partial charge in [-0.1, -0.05) is 24.9 Å². The summed E-state index contributed by atoms with van der Waals surface area (Å²) in [6.45, 7) is 2.55. The van der Waals surface area contributed by atoms with Crippen LogP contribution in [0.5, 0.6) is 0 Å². The zero-order valence-corrected chi connectivity index (χ0v) is 11.9. The Bertz CT molecular complexity index is 598. The van der Waals surface area contributed by atoms with E-state index in [4.69, 9.17) is 27.9 Å². The molecule has 5 nitrogen and oxygen atoms in total. The quantitative estimate of drug-likeness (QED) is 0.368. The van der Waals surface area contributed by atoms with Gasteiger partial charge in [-0.05, 0) is 24.1 Å². The molecular formula is C12H13Cl2N3O2. The van der Waals surface area contributed by atoms with Gasteiger partial charge in [0, 0.05) is 6.20 Å². The van der Waals surface area contributed by atoms with Gasteiger partial charge in [0.2, 0.25) is 5.28 Å². The van der Waals surface area contributed by atoms with Gasteiger partial charge in [0.1, 0.15) is 17.3 Å². The molecule has 0 spiro atoms. The van der Waals surface area contributed by atoms with Gasteiger partial charge in [0.15, 0.2) is 0 Å². The van der Waals surface area contributed by atoms with Crippen LogP contribution in [0.2, 0.25) is 10.4 Å². The lowest BCUT2D eigenvalue weighted by Crippen LogP contribution is -2.14. The van der Waals surface area contributed by atoms with Crippen LogP contribution < -0.4 is 0 Å². The molecule has 0 aliphatic rings. The standard InChI is InChI=1S/C12H13Cl2N3O2/c1-2-3-6-19-9(18)7-17-5-4-8-10(13)15-12(14)16-11(8)17/h4-5H,2-3,6-7H2,1H3. The summed E-state index contributed by atoms with van der Waals surface area (Å²) in [5.74, 6) is -0.309. The van der Waals surface area contributed by atoms with Crippen LogP contribution in [0.3, 0.4) is 0 Å². The number of ether oxygens (including phenoxy) is 1. The third-order valence-electron chi connectivity index (χ3n) is 2.61. The smallest absolute Gasteiger partial charge is 0.326 e. The van der Waals surface area contributed by atoms with Gasteiger partial charge < -0.3 is 9.30 Å². The summed E-state index contributed by atoms with van der Waals surface area (Å²) in [6.07, 6.45) is 3.55. The molecule has 2 aromatic heterocycles. The Balaban J connectivity index is 2.15. The molecule has 2 heterocycles. The zero-order chi connectivity index (χ0) is 13.8. The Morgan fingerprint density at radius 3 is 2.95 bits per heavy atom. The van der Waals surface area contributed by atoms with Crippen LogP contribution in [0.15, 0.2) is 12.3 Å². The predicted molar refractivity (Wildman–Crippen MR) is 73.4 cm³/mol. The summed E-state index contributed by atoms with van der Waals surface area (Å²) in [5, 5.41) is 0.984. The molecule has 0 N–H and O–H groups in total. The van der Waals surface area contributed by atoms with Crippen molar-refractivity contribution in [2.24, 2.45) is 0 Å². The molecule has 0 radical (unpaired) electrons. The number of carbonyl (C=O) groups excluding carboxylic acids is 1. The zero-order valence-electron chi connectivity index (χ0n) is 10.4. The highest BCUT2D eigenvalue weighted by Crippen LogP contribution is 2.22. The predicted octanol–water partition coefficient (Wildman–Crippen LogP) is 3.08. The molecule has 2 aromatic rings. The van der Waals surface area contributed by atoms with Crippen LogP contribution in [-0.4, -0.2) is 27.1 Å². The van der Waals surface area contributed by atoms with E-state index in [9.17, 15) is 4.79 Å². The maximum absolute atomic E-state index is 11.6. The van der Waals surface area contributed by atoms with Crippen molar-refractivity contribution >= 4 is 40.2 Å². The molecule has 0 saturated heterocycles. The van der Waals surface area contributed by atoms with Crippen LogP contribution in [0.4, 0.5) is 0 Å². The van der Waals surface area contributed by atoms with Gasteiger partial charge in [-0.2, -0.15) is 4.98 Å². The van der Waals surface area contributed by atoms with E-state index in [0.29, 0.717) is 17.6 Å². The molecule has 0 aliphatic carbocycles. The van der Waals surface area contributed by atoms with E-state index in [-0.39, 0.29) is 23.0 Å². The molecule has 0 aromatic carbocycles. The fraction of sp³-hybridized carbons (Fsp3) is 0.417. The Labute approximate surface area is 120 Å². The Morgan fingerprint density at radius 1 is 1.42 bits per heavy atom. The first-order chi connectivity index (χ1) is 9.11. The highest BCUT2D eigenvalue weighted by Gasteiger charge is 2.12. The Hall–Kier alpha value is -1.33. The molecule has 0 unspecified atom stereocenters. The minimum absolute atomic E-state index is 0.0526. The number of unbranched alkanes of at least 4 members (excludes halogenated alkanes) is 1. The van der Waals surface area contributed by atoms with Crippen molar-refractivity contribution in [2.45, 2.75) is 26.3 Å². The maximum Gasteiger partial charge on any atom is 0.326 e. The monoisotopic (exact) mass is 301 g/mol. The number of fused-ring (bicyclic) bond motifs is 1. The number of hydrogen-bond donors (Lipinski definition) is 0. The largest absolute Gasteiger partial charge is 0.464 e. The summed E-state index contributed by atoms with van der Waals surface area (Å²) in [7, 11) is 0. The van der Waals surface area contributed by atoms with Crippen molar-refractivity contribution in [3.63, 3.8) is 0 Å². The van der Waals surface area contributed by atoms with Crippen LogP contribution >= 0.6 is 23.2 Å². The van der Waals surface area contributed by atoms with E-state index < -0.39 is 0 Å². The van der Waals surface area contributed by atoms with Gasteiger partial charge in [-0.15, -0.1) is 0 Å². The normalized spacial score (nSPS) is 10.9. The van der Waals surface area contributed by atoms with Crippen LogP contribution in [0.1, 0.15) is 19.8 Å². The van der Waals surface area contributed by atoms with Crippen molar-refractivity contribution in [1.82, 2.24) is 14.5 Å². The lowest BCUT2D eigenvalue weighted by Gasteiger charge is -2.06. The second kappa shape index (κ2) is 6.21. The molecule has 0 fully saturated rings. The SMILES string of the molecule is CCCCOC(=O)Cn1ccc2c(Cl)nc(Cl)nc21. The Kier molecular flexibility index (Phi) is 4.61. The number of halogens is 2. The van der Waals surface area contributed by atoms with Crippen LogP contribution in [0, 0.1) is 0 Å². The summed E-state index contributed by atoms with van der Waals surface area (Å²) in [5.41, 5.74) is 0.525. The van der Waals surface area contributed by atoms with E-state index >= 15 is 0 Å². The van der Waals surface area contributed by atoms with Gasteiger partial charge >= 0.3 is 5.97 Å². The highest BCUT2D eigenvalue weighted by atomic mass is 35.5. The first-order valence-electron chi connectivity index (χ1n) is 5.95. The fourth-order valence-electron chi connectivity index (χ4n) is 1.65. The number of hydrogen-bond acceptors (Lipinski definition) is 4. The van der Waals surface area contributed by atoms with Gasteiger partial charge in [0.25, 0.3) is 0 Å². The van der Waals surface area contributed by atoms with Crippen molar-refractivity contribution in [2.75, 3.05) is 6.61 Å². The summed E-state index contributed by atoms with van der Waals surface area (Å²) in [4.78, 5) is 19.6. The van der Waals surface area contributed by atoms with Gasteiger partial charge in [0.05, 0.1) is 12.0 Å². The molecule has 0 saturated carbocycles. The maximum atomic E-state index is 11.6. The topological polar surface area (TPSA) is 57.0 Å². The molecule has 0 amide bonds. The second-order valence-electron chi connectivity index (χ2n) is 4.04. The fourth-order valence-corrected chi connectivity index (χ4v) is 2.08. The number of esters is 1. The van der Waals surface area contributed by atoms with E-state index in [1.54, 1.807) is 16.8 Å². The third-order valence-corrected chi connectivity index (χ3v) is 3.06. The van der Waals surface area contributed by atoms with Crippen molar-refractivity contribution in [3.8, 4) is 0 Å². The molecule has 19 heavy (non-hydrogen) atoms. The molecular weight excluding hydrogens is 289 g/mol. The minimum Gasteiger partial charge on any atom is -0.464 e. The van der Waals surface area contributed by atoms with E-state index in [2.05, 4.69) is 9.97 Å². The van der Waals surface area contributed by atoms with E-state index in [1.807, 2.05) is 6.92 Å². The molecule has 102 valence electrons. The summed E-state index contributed by atoms with van der Waals surface area (Å²) >= 11 is 11.7. The highest BCUT2D eigenvalue weighted by molar-refractivity contribution is 6.35. The van der Waals surface area contributed by atoms with E-state index in [1.165, 1.54) is 0 Å². The number of nitrogens with zero attached hydrogens (tertiary/aromatic N) is 3. The lowest BCUT2D eigenvalue weighted by atomic mass is 10.4. The number of carbonyl (C=O) groups is 1. The number of rotatable bonds is 5. The second-order valence-corrected chi connectivity index (χ2v) is 4.73. The van der Waals surface area contributed by atoms with Gasteiger partial charge in [-0.25, -0.2) is 4.98 Å². The summed E-state index contributed by atoms with van der Waals surface area (Å²) in [6, 6.07) is 1.74. The average Bonchev–Trinajstić information content (AvgIpc) is 2.73. The first kappa shape index (κ1) is 14.1. The average molecular weight is 302 g/mol. The van der Waals surface area contributed by atoms with Crippen LogP contribution in [0.25, 0.3) is 11.0 Å². The van der Waals surface area contributed by atoms with E-state index in [0.717, 1.165) is 12.8 Å². The lowest BCUT2D eigenvalue weighted by molar-refractivity contribution is -0.144. The third kappa shape index (κ3) is 3.36. The number of aromatic nitrogens is 3. The molecule has 2 rings (SSSR count). The van der Waals surface area contributed by atoms with Gasteiger partial charge in [-0.3, -0.25) is 4.79 Å². The summed E-state index contributed by atoms with van der Waals surface area (Å²) < 4.78 is 6.74.